The molecule has 6 nitrogen and oxygen atoms in total. The predicted molar refractivity (Wildman–Crippen MR) is 71.2 cm³/mol. The quantitative estimate of drug-likeness (QED) is 0.785. The minimum atomic E-state index is -1.13. The Labute approximate surface area is 111 Å². The minimum Gasteiger partial charge on any atom is -0.465 e. The van der Waals surface area contributed by atoms with Gasteiger partial charge in [0.15, 0.2) is 0 Å². The van der Waals surface area contributed by atoms with E-state index in [9.17, 15) is 9.59 Å². The van der Waals surface area contributed by atoms with Crippen molar-refractivity contribution >= 4 is 17.9 Å². The van der Waals surface area contributed by atoms with Crippen molar-refractivity contribution in [2.75, 3.05) is 5.32 Å². The number of ether oxygens (including phenoxy) is 1. The van der Waals surface area contributed by atoms with E-state index in [0.717, 1.165) is 5.56 Å². The van der Waals surface area contributed by atoms with Crippen LogP contribution in [0.1, 0.15) is 26.3 Å². The maximum Gasteiger partial charge on any atom is 0.409 e. The van der Waals surface area contributed by atoms with E-state index in [-0.39, 0.29) is 6.54 Å². The van der Waals surface area contributed by atoms with Crippen molar-refractivity contribution in [3.05, 3.63) is 29.8 Å². The normalized spacial score (nSPS) is 10.7. The predicted octanol–water partition coefficient (Wildman–Crippen LogP) is 2.80. The number of carbonyl (C=O) groups excluding carboxylic acids is 1. The third-order valence-corrected chi connectivity index (χ3v) is 2.01. The highest BCUT2D eigenvalue weighted by Crippen LogP contribution is 2.11. The van der Waals surface area contributed by atoms with E-state index in [0.29, 0.717) is 5.69 Å². The fraction of sp³-hybridized carbons (Fsp3) is 0.385. The lowest BCUT2D eigenvalue weighted by Crippen LogP contribution is -2.32. The lowest BCUT2D eigenvalue weighted by Gasteiger charge is -2.19. The number of carbonyl (C=O) groups is 2. The van der Waals surface area contributed by atoms with Crippen LogP contribution in [0.5, 0.6) is 0 Å². The maximum absolute atomic E-state index is 11.5. The van der Waals surface area contributed by atoms with Gasteiger partial charge >= 0.3 is 12.2 Å². The SMILES string of the molecule is CC(C)(C)OC(=O)NCc1cccc(NC(=O)O)c1. The number of rotatable bonds is 3. The van der Waals surface area contributed by atoms with Crippen LogP contribution < -0.4 is 10.6 Å². The molecule has 0 atom stereocenters. The molecule has 1 aromatic carbocycles. The average molecular weight is 266 g/mol. The Morgan fingerprint density at radius 2 is 2.00 bits per heavy atom. The van der Waals surface area contributed by atoms with Crippen molar-refractivity contribution < 1.29 is 19.4 Å². The average Bonchev–Trinajstić information content (AvgIpc) is 2.23. The second kappa shape index (κ2) is 6.08. The first-order chi connectivity index (χ1) is 8.76. The van der Waals surface area contributed by atoms with Gasteiger partial charge in [-0.3, -0.25) is 5.32 Å². The van der Waals surface area contributed by atoms with Gasteiger partial charge in [0.1, 0.15) is 5.60 Å². The molecule has 0 fully saturated rings. The zero-order valence-corrected chi connectivity index (χ0v) is 11.2. The summed E-state index contributed by atoms with van der Waals surface area (Å²) in [6.45, 7) is 5.61. The Bertz CT molecular complexity index is 466. The number of hydrogen-bond donors (Lipinski definition) is 3. The van der Waals surface area contributed by atoms with E-state index in [1.165, 1.54) is 0 Å². The zero-order valence-electron chi connectivity index (χ0n) is 11.2. The first kappa shape index (κ1) is 14.8. The van der Waals surface area contributed by atoms with Crippen molar-refractivity contribution in [3.8, 4) is 0 Å². The summed E-state index contributed by atoms with van der Waals surface area (Å²) in [5.74, 6) is 0. The zero-order chi connectivity index (χ0) is 14.5. The minimum absolute atomic E-state index is 0.268. The second-order valence-corrected chi connectivity index (χ2v) is 4.99. The molecule has 0 heterocycles. The maximum atomic E-state index is 11.5. The van der Waals surface area contributed by atoms with Crippen LogP contribution in [0, 0.1) is 0 Å². The molecule has 1 rings (SSSR count). The topological polar surface area (TPSA) is 87.7 Å². The van der Waals surface area contributed by atoms with E-state index in [2.05, 4.69) is 10.6 Å². The summed E-state index contributed by atoms with van der Waals surface area (Å²) >= 11 is 0. The Balaban J connectivity index is 2.53. The van der Waals surface area contributed by atoms with Gasteiger partial charge in [0, 0.05) is 12.2 Å². The molecule has 6 heteroatoms. The van der Waals surface area contributed by atoms with Gasteiger partial charge in [-0.05, 0) is 38.5 Å². The van der Waals surface area contributed by atoms with Gasteiger partial charge < -0.3 is 15.2 Å². The highest BCUT2D eigenvalue weighted by molar-refractivity contribution is 5.82. The van der Waals surface area contributed by atoms with Crippen LogP contribution >= 0.6 is 0 Å². The number of alkyl carbamates (subject to hydrolysis) is 1. The van der Waals surface area contributed by atoms with E-state index in [1.807, 2.05) is 0 Å². The van der Waals surface area contributed by atoms with Gasteiger partial charge in [-0.1, -0.05) is 12.1 Å². The lowest BCUT2D eigenvalue weighted by atomic mass is 10.2. The molecule has 1 aromatic rings. The van der Waals surface area contributed by atoms with Gasteiger partial charge in [0.05, 0.1) is 0 Å². The molecular formula is C13H18N2O4. The highest BCUT2D eigenvalue weighted by Gasteiger charge is 2.15. The van der Waals surface area contributed by atoms with Crippen LogP contribution in [-0.4, -0.2) is 22.9 Å². The molecule has 104 valence electrons. The molecule has 0 aliphatic rings. The van der Waals surface area contributed by atoms with Gasteiger partial charge in [0.25, 0.3) is 0 Å². The van der Waals surface area contributed by atoms with Crippen molar-refractivity contribution in [1.82, 2.24) is 5.32 Å². The Kier molecular flexibility index (Phi) is 4.74. The van der Waals surface area contributed by atoms with Gasteiger partial charge in [-0.15, -0.1) is 0 Å². The number of anilines is 1. The summed E-state index contributed by atoms with van der Waals surface area (Å²) in [5, 5.41) is 13.4. The van der Waals surface area contributed by atoms with Crippen LogP contribution in [0.15, 0.2) is 24.3 Å². The summed E-state index contributed by atoms with van der Waals surface area (Å²) in [6.07, 6.45) is -1.64. The smallest absolute Gasteiger partial charge is 0.409 e. The second-order valence-electron chi connectivity index (χ2n) is 4.99. The van der Waals surface area contributed by atoms with Gasteiger partial charge in [0.2, 0.25) is 0 Å². The standard InChI is InChI=1S/C13H18N2O4/c1-13(2,3)19-12(18)14-8-9-5-4-6-10(7-9)15-11(16)17/h4-7,15H,8H2,1-3H3,(H,14,18)(H,16,17). The first-order valence-corrected chi connectivity index (χ1v) is 5.82. The van der Waals surface area contributed by atoms with Crippen molar-refractivity contribution in [2.24, 2.45) is 0 Å². The van der Waals surface area contributed by atoms with Crippen molar-refractivity contribution in [3.63, 3.8) is 0 Å². The number of nitrogens with one attached hydrogen (secondary N) is 2. The van der Waals surface area contributed by atoms with Crippen molar-refractivity contribution in [2.45, 2.75) is 32.9 Å². The number of amides is 2. The first-order valence-electron chi connectivity index (χ1n) is 5.82. The molecule has 0 aliphatic carbocycles. The molecule has 0 aromatic heterocycles. The van der Waals surface area contributed by atoms with E-state index < -0.39 is 17.8 Å². The number of benzene rings is 1. The summed E-state index contributed by atoms with van der Waals surface area (Å²) in [7, 11) is 0. The third kappa shape index (κ3) is 6.30. The molecule has 0 radical (unpaired) electrons. The van der Waals surface area contributed by atoms with E-state index in [4.69, 9.17) is 9.84 Å². The monoisotopic (exact) mass is 266 g/mol. The fourth-order valence-corrected chi connectivity index (χ4v) is 1.37. The highest BCUT2D eigenvalue weighted by atomic mass is 16.6. The molecule has 0 saturated heterocycles. The molecule has 2 amide bonds. The van der Waals surface area contributed by atoms with Crippen LogP contribution in [0.3, 0.4) is 0 Å². The molecule has 0 unspecified atom stereocenters. The molecule has 0 aliphatic heterocycles. The van der Waals surface area contributed by atoms with Crippen molar-refractivity contribution in [1.29, 1.82) is 0 Å². The van der Waals surface area contributed by atoms with Gasteiger partial charge in [-0.2, -0.15) is 0 Å². The largest absolute Gasteiger partial charge is 0.465 e. The number of carboxylic acid groups (broad SMARTS) is 1. The van der Waals surface area contributed by atoms with Crippen LogP contribution in [-0.2, 0) is 11.3 Å². The Morgan fingerprint density at radius 3 is 2.58 bits per heavy atom. The molecule has 0 spiro atoms. The summed E-state index contributed by atoms with van der Waals surface area (Å²) in [5.41, 5.74) is 0.685. The summed E-state index contributed by atoms with van der Waals surface area (Å²) in [4.78, 5) is 22.0. The summed E-state index contributed by atoms with van der Waals surface area (Å²) < 4.78 is 5.09. The molecule has 19 heavy (non-hydrogen) atoms. The van der Waals surface area contributed by atoms with Crippen LogP contribution in [0.4, 0.5) is 15.3 Å². The van der Waals surface area contributed by atoms with Gasteiger partial charge in [-0.25, -0.2) is 9.59 Å². The fourth-order valence-electron chi connectivity index (χ4n) is 1.37. The van der Waals surface area contributed by atoms with E-state index >= 15 is 0 Å². The van der Waals surface area contributed by atoms with Crippen LogP contribution in [0.2, 0.25) is 0 Å². The third-order valence-electron chi connectivity index (χ3n) is 2.01. The number of hydrogen-bond acceptors (Lipinski definition) is 3. The van der Waals surface area contributed by atoms with E-state index in [1.54, 1.807) is 45.0 Å². The van der Waals surface area contributed by atoms with Crippen LogP contribution in [0.25, 0.3) is 0 Å². The summed E-state index contributed by atoms with van der Waals surface area (Å²) in [6, 6.07) is 6.76. The molecule has 3 N–H and O–H groups in total. The Morgan fingerprint density at radius 1 is 1.32 bits per heavy atom. The Hall–Kier alpha value is -2.24. The lowest BCUT2D eigenvalue weighted by molar-refractivity contribution is 0.0523. The molecule has 0 bridgehead atoms. The molecule has 0 saturated carbocycles. The molecular weight excluding hydrogens is 248 g/mol.